The van der Waals surface area contributed by atoms with Crippen LogP contribution in [0.1, 0.15) is 12.8 Å². The number of sulfonamides is 1. The van der Waals surface area contributed by atoms with Crippen LogP contribution in [0.4, 0.5) is 0 Å². The minimum atomic E-state index is -3.61. The van der Waals surface area contributed by atoms with Crippen molar-refractivity contribution in [1.29, 1.82) is 0 Å². The molecule has 1 saturated carbocycles. The van der Waals surface area contributed by atoms with Crippen molar-refractivity contribution in [3.63, 3.8) is 0 Å². The summed E-state index contributed by atoms with van der Waals surface area (Å²) in [7, 11) is -2.14. The highest BCUT2D eigenvalue weighted by molar-refractivity contribution is 7.89. The summed E-state index contributed by atoms with van der Waals surface area (Å²) in [6.07, 6.45) is 1.67. The molecular weight excluding hydrogens is 290 g/mol. The van der Waals surface area contributed by atoms with Crippen LogP contribution in [0.15, 0.2) is 23.1 Å². The molecule has 0 spiro atoms. The molecule has 1 fully saturated rings. The number of ether oxygens (including phenoxy) is 1. The van der Waals surface area contributed by atoms with Crippen LogP contribution in [0.5, 0.6) is 5.75 Å². The SMILES string of the molecule is COc1ccc(S(=O)(=O)N(CCO)C2CC2)cc1Cl. The third kappa shape index (κ3) is 3.02. The molecule has 19 heavy (non-hydrogen) atoms. The first-order valence-electron chi connectivity index (χ1n) is 5.97. The molecule has 106 valence electrons. The molecule has 0 atom stereocenters. The summed E-state index contributed by atoms with van der Waals surface area (Å²) >= 11 is 5.96. The third-order valence-electron chi connectivity index (χ3n) is 3.00. The molecule has 0 heterocycles. The van der Waals surface area contributed by atoms with E-state index in [-0.39, 0.29) is 29.1 Å². The first kappa shape index (κ1) is 14.6. The molecule has 1 aromatic rings. The van der Waals surface area contributed by atoms with Crippen molar-refractivity contribution in [2.75, 3.05) is 20.3 Å². The first-order chi connectivity index (χ1) is 9.00. The van der Waals surface area contributed by atoms with E-state index in [2.05, 4.69) is 0 Å². The van der Waals surface area contributed by atoms with E-state index in [1.54, 1.807) is 0 Å². The van der Waals surface area contributed by atoms with E-state index in [4.69, 9.17) is 21.4 Å². The van der Waals surface area contributed by atoms with Gasteiger partial charge in [0.15, 0.2) is 0 Å². The fourth-order valence-electron chi connectivity index (χ4n) is 1.90. The van der Waals surface area contributed by atoms with Gasteiger partial charge in [-0.15, -0.1) is 0 Å². The predicted octanol–water partition coefficient (Wildman–Crippen LogP) is 1.49. The normalized spacial score (nSPS) is 15.8. The van der Waals surface area contributed by atoms with E-state index < -0.39 is 10.0 Å². The summed E-state index contributed by atoms with van der Waals surface area (Å²) in [5.41, 5.74) is 0. The second-order valence-electron chi connectivity index (χ2n) is 4.37. The predicted molar refractivity (Wildman–Crippen MR) is 72.0 cm³/mol. The number of hydrogen-bond acceptors (Lipinski definition) is 4. The van der Waals surface area contributed by atoms with Crippen molar-refractivity contribution < 1.29 is 18.3 Å². The highest BCUT2D eigenvalue weighted by Gasteiger charge is 2.37. The molecule has 5 nitrogen and oxygen atoms in total. The van der Waals surface area contributed by atoms with Gasteiger partial charge in [-0.2, -0.15) is 4.31 Å². The second-order valence-corrected chi connectivity index (χ2v) is 6.66. The Bertz CT molecular complexity index is 557. The number of rotatable bonds is 6. The summed E-state index contributed by atoms with van der Waals surface area (Å²) in [6.45, 7) is -0.0870. The van der Waals surface area contributed by atoms with E-state index >= 15 is 0 Å². The minimum Gasteiger partial charge on any atom is -0.495 e. The van der Waals surface area contributed by atoms with Gasteiger partial charge in [-0.3, -0.25) is 0 Å². The monoisotopic (exact) mass is 305 g/mol. The number of benzene rings is 1. The summed E-state index contributed by atoms with van der Waals surface area (Å²) in [4.78, 5) is 0.124. The first-order valence-corrected chi connectivity index (χ1v) is 7.78. The lowest BCUT2D eigenvalue weighted by atomic mass is 10.3. The average Bonchev–Trinajstić information content (AvgIpc) is 3.19. The maximum Gasteiger partial charge on any atom is 0.243 e. The smallest absolute Gasteiger partial charge is 0.243 e. The van der Waals surface area contributed by atoms with Crippen LogP contribution < -0.4 is 4.74 Å². The fraction of sp³-hybridized carbons (Fsp3) is 0.500. The average molecular weight is 306 g/mol. The van der Waals surface area contributed by atoms with Crippen LogP contribution in [0, 0.1) is 0 Å². The van der Waals surface area contributed by atoms with Gasteiger partial charge in [-0.05, 0) is 31.0 Å². The highest BCUT2D eigenvalue weighted by atomic mass is 35.5. The molecule has 7 heteroatoms. The van der Waals surface area contributed by atoms with E-state index in [0.29, 0.717) is 5.75 Å². The fourth-order valence-corrected chi connectivity index (χ4v) is 3.93. The zero-order valence-electron chi connectivity index (χ0n) is 10.5. The van der Waals surface area contributed by atoms with Gasteiger partial charge in [-0.1, -0.05) is 11.6 Å². The van der Waals surface area contributed by atoms with E-state index in [1.165, 1.54) is 29.6 Å². The lowest BCUT2D eigenvalue weighted by Crippen LogP contribution is -2.35. The zero-order valence-corrected chi connectivity index (χ0v) is 12.1. The molecule has 1 aliphatic rings. The Labute approximate surface area is 117 Å². The number of aliphatic hydroxyl groups excluding tert-OH is 1. The molecule has 0 radical (unpaired) electrons. The molecule has 0 bridgehead atoms. The molecule has 0 aliphatic heterocycles. The third-order valence-corrected chi connectivity index (χ3v) is 5.25. The van der Waals surface area contributed by atoms with Crippen molar-refractivity contribution in [1.82, 2.24) is 4.31 Å². The van der Waals surface area contributed by atoms with Crippen LogP contribution in [-0.4, -0.2) is 44.1 Å². The molecule has 1 N–H and O–H groups in total. The van der Waals surface area contributed by atoms with Crippen LogP contribution in [0.2, 0.25) is 5.02 Å². The Morgan fingerprint density at radius 3 is 2.63 bits per heavy atom. The van der Waals surface area contributed by atoms with Crippen molar-refractivity contribution in [2.45, 2.75) is 23.8 Å². The van der Waals surface area contributed by atoms with Crippen molar-refractivity contribution in [3.05, 3.63) is 23.2 Å². The van der Waals surface area contributed by atoms with E-state index in [0.717, 1.165) is 12.8 Å². The standard InChI is InChI=1S/C12H16ClNO4S/c1-18-12-5-4-10(8-11(12)13)19(16,17)14(6-7-15)9-2-3-9/h4-5,8-9,15H,2-3,6-7H2,1H3. The van der Waals surface area contributed by atoms with Gasteiger partial charge in [0.1, 0.15) is 5.75 Å². The topological polar surface area (TPSA) is 66.8 Å². The maximum absolute atomic E-state index is 12.5. The summed E-state index contributed by atoms with van der Waals surface area (Å²) in [6, 6.07) is 4.37. The van der Waals surface area contributed by atoms with Gasteiger partial charge >= 0.3 is 0 Å². The maximum atomic E-state index is 12.5. The number of aliphatic hydroxyl groups is 1. The Morgan fingerprint density at radius 1 is 1.47 bits per heavy atom. The number of halogens is 1. The molecule has 2 rings (SSSR count). The highest BCUT2D eigenvalue weighted by Crippen LogP contribution is 2.34. The summed E-state index contributed by atoms with van der Waals surface area (Å²) < 4.78 is 31.3. The van der Waals surface area contributed by atoms with Crippen LogP contribution >= 0.6 is 11.6 Å². The number of hydrogen-bond donors (Lipinski definition) is 1. The van der Waals surface area contributed by atoms with Gasteiger partial charge in [0.25, 0.3) is 0 Å². The minimum absolute atomic E-state index is 0.00183. The Hall–Kier alpha value is -0.820. The quantitative estimate of drug-likeness (QED) is 0.865. The van der Waals surface area contributed by atoms with Gasteiger partial charge in [-0.25, -0.2) is 8.42 Å². The molecular formula is C12H16ClNO4S. The molecule has 0 unspecified atom stereocenters. The molecule has 0 saturated heterocycles. The lowest BCUT2D eigenvalue weighted by molar-refractivity contribution is 0.250. The molecule has 0 amide bonds. The second kappa shape index (κ2) is 5.66. The zero-order chi connectivity index (χ0) is 14.0. The van der Waals surface area contributed by atoms with Crippen molar-refractivity contribution in [3.8, 4) is 5.75 Å². The Kier molecular flexibility index (Phi) is 4.35. The van der Waals surface area contributed by atoms with Crippen LogP contribution in [-0.2, 0) is 10.0 Å². The van der Waals surface area contributed by atoms with Gasteiger partial charge in [0.2, 0.25) is 10.0 Å². The van der Waals surface area contributed by atoms with Crippen molar-refractivity contribution in [2.24, 2.45) is 0 Å². The lowest BCUT2D eigenvalue weighted by Gasteiger charge is -2.21. The molecule has 1 aliphatic carbocycles. The van der Waals surface area contributed by atoms with Crippen LogP contribution in [0.3, 0.4) is 0 Å². The van der Waals surface area contributed by atoms with Crippen molar-refractivity contribution >= 4 is 21.6 Å². The molecule has 1 aromatic carbocycles. The van der Waals surface area contributed by atoms with Gasteiger partial charge in [0.05, 0.1) is 23.6 Å². The largest absolute Gasteiger partial charge is 0.495 e. The summed E-state index contributed by atoms with van der Waals surface area (Å²) in [5, 5.41) is 9.26. The summed E-state index contributed by atoms with van der Waals surface area (Å²) in [5.74, 6) is 0.431. The Morgan fingerprint density at radius 2 is 2.16 bits per heavy atom. The van der Waals surface area contributed by atoms with E-state index in [9.17, 15) is 8.42 Å². The van der Waals surface area contributed by atoms with Gasteiger partial charge < -0.3 is 9.84 Å². The number of methoxy groups -OCH3 is 1. The van der Waals surface area contributed by atoms with Gasteiger partial charge in [0, 0.05) is 12.6 Å². The van der Waals surface area contributed by atoms with E-state index in [1.807, 2.05) is 0 Å². The molecule has 0 aromatic heterocycles. The Balaban J connectivity index is 2.34. The van der Waals surface area contributed by atoms with Crippen LogP contribution in [0.25, 0.3) is 0 Å². The number of nitrogens with zero attached hydrogens (tertiary/aromatic N) is 1.